The summed E-state index contributed by atoms with van der Waals surface area (Å²) in [5.41, 5.74) is 0.494. The summed E-state index contributed by atoms with van der Waals surface area (Å²) in [4.78, 5) is 23.1. The van der Waals surface area contributed by atoms with Crippen LogP contribution < -0.4 is 5.32 Å². The fourth-order valence-electron chi connectivity index (χ4n) is 1.62. The minimum atomic E-state index is -1.11. The van der Waals surface area contributed by atoms with E-state index in [1.54, 1.807) is 18.2 Å². The molecule has 108 valence electrons. The molecule has 2 N–H and O–H groups in total. The molecule has 0 unspecified atom stereocenters. The van der Waals surface area contributed by atoms with E-state index in [1.807, 2.05) is 0 Å². The van der Waals surface area contributed by atoms with E-state index in [2.05, 4.69) is 21.2 Å². The summed E-state index contributed by atoms with van der Waals surface area (Å²) >= 11 is 15.2. The van der Waals surface area contributed by atoms with Gasteiger partial charge >= 0.3 is 5.97 Å². The number of carbonyl (C=O) groups is 2. The van der Waals surface area contributed by atoms with Crippen LogP contribution in [0, 0.1) is 0 Å². The molecule has 2 aromatic carbocycles. The number of halogens is 3. The van der Waals surface area contributed by atoms with Gasteiger partial charge in [0.2, 0.25) is 0 Å². The first kappa shape index (κ1) is 15.8. The van der Waals surface area contributed by atoms with Gasteiger partial charge in [0.05, 0.1) is 26.9 Å². The Labute approximate surface area is 138 Å². The molecule has 0 saturated heterocycles. The second kappa shape index (κ2) is 6.47. The lowest BCUT2D eigenvalue weighted by Crippen LogP contribution is -2.13. The minimum absolute atomic E-state index is 0.0246. The Balaban J connectivity index is 2.31. The Morgan fingerprint density at radius 3 is 2.38 bits per heavy atom. The van der Waals surface area contributed by atoms with Gasteiger partial charge in [0, 0.05) is 4.47 Å². The lowest BCUT2D eigenvalue weighted by molar-refractivity contribution is 0.0696. The van der Waals surface area contributed by atoms with Crippen LogP contribution in [0.3, 0.4) is 0 Å². The number of amides is 1. The van der Waals surface area contributed by atoms with Crippen molar-refractivity contribution in [3.8, 4) is 0 Å². The molecule has 1 amide bonds. The van der Waals surface area contributed by atoms with Gasteiger partial charge in [0.25, 0.3) is 5.91 Å². The van der Waals surface area contributed by atoms with Crippen LogP contribution in [0.4, 0.5) is 5.69 Å². The molecular formula is C14H8BrCl2NO3. The van der Waals surface area contributed by atoms with Crippen molar-refractivity contribution >= 4 is 56.7 Å². The van der Waals surface area contributed by atoms with Crippen molar-refractivity contribution in [2.75, 3.05) is 5.32 Å². The maximum absolute atomic E-state index is 12.2. The second-order valence-corrected chi connectivity index (χ2v) is 5.81. The van der Waals surface area contributed by atoms with Crippen molar-refractivity contribution in [1.82, 2.24) is 0 Å². The first-order valence-electron chi connectivity index (χ1n) is 5.67. The largest absolute Gasteiger partial charge is 0.478 e. The summed E-state index contributed by atoms with van der Waals surface area (Å²) in [7, 11) is 0. The Kier molecular flexibility index (Phi) is 4.88. The van der Waals surface area contributed by atoms with E-state index in [0.29, 0.717) is 0 Å². The van der Waals surface area contributed by atoms with E-state index in [-0.39, 0.29) is 26.9 Å². The number of rotatable bonds is 3. The van der Waals surface area contributed by atoms with E-state index >= 15 is 0 Å². The van der Waals surface area contributed by atoms with Gasteiger partial charge in [-0.3, -0.25) is 4.79 Å². The first-order valence-corrected chi connectivity index (χ1v) is 7.22. The van der Waals surface area contributed by atoms with Crippen LogP contribution in [0.5, 0.6) is 0 Å². The zero-order valence-electron chi connectivity index (χ0n) is 10.4. The van der Waals surface area contributed by atoms with Crippen molar-refractivity contribution < 1.29 is 14.7 Å². The fraction of sp³-hybridized carbons (Fsp3) is 0. The van der Waals surface area contributed by atoms with Gasteiger partial charge in [-0.1, -0.05) is 39.1 Å². The molecule has 2 aromatic rings. The predicted octanol–water partition coefficient (Wildman–Crippen LogP) is 4.71. The Hall–Kier alpha value is -1.56. The quantitative estimate of drug-likeness (QED) is 0.800. The maximum atomic E-state index is 12.2. The minimum Gasteiger partial charge on any atom is -0.478 e. The van der Waals surface area contributed by atoms with Gasteiger partial charge in [0.15, 0.2) is 0 Å². The van der Waals surface area contributed by atoms with Gasteiger partial charge in [-0.25, -0.2) is 4.79 Å². The van der Waals surface area contributed by atoms with Crippen molar-refractivity contribution in [2.24, 2.45) is 0 Å². The van der Waals surface area contributed by atoms with Gasteiger partial charge in [0.1, 0.15) is 0 Å². The highest BCUT2D eigenvalue weighted by molar-refractivity contribution is 9.10. The van der Waals surface area contributed by atoms with Crippen LogP contribution in [0.25, 0.3) is 0 Å². The average molecular weight is 389 g/mol. The van der Waals surface area contributed by atoms with Crippen LogP contribution in [0.1, 0.15) is 20.7 Å². The van der Waals surface area contributed by atoms with E-state index in [0.717, 1.165) is 4.47 Å². The first-order chi connectivity index (χ1) is 9.88. The molecule has 0 aromatic heterocycles. The second-order valence-electron chi connectivity index (χ2n) is 4.08. The maximum Gasteiger partial charge on any atom is 0.335 e. The number of carboxylic acids is 1. The van der Waals surface area contributed by atoms with Crippen LogP contribution in [-0.2, 0) is 0 Å². The monoisotopic (exact) mass is 387 g/mol. The average Bonchev–Trinajstić information content (AvgIpc) is 2.40. The van der Waals surface area contributed by atoms with Crippen molar-refractivity contribution in [1.29, 1.82) is 0 Å². The van der Waals surface area contributed by atoms with Gasteiger partial charge in [-0.2, -0.15) is 0 Å². The number of benzene rings is 2. The van der Waals surface area contributed by atoms with Crippen molar-refractivity contribution in [3.63, 3.8) is 0 Å². The molecule has 7 heteroatoms. The third-order valence-corrected chi connectivity index (χ3v) is 3.77. The third kappa shape index (κ3) is 3.75. The molecule has 0 spiro atoms. The third-order valence-electron chi connectivity index (χ3n) is 2.64. The fourth-order valence-corrected chi connectivity index (χ4v) is 2.54. The zero-order chi connectivity index (χ0) is 15.6. The standard InChI is InChI=1S/C14H8BrCl2NO3/c15-8-2-3-9(11(17)6-8)13(19)18-12-5-7(14(20)21)1-4-10(12)16/h1-6H,(H,18,19)(H,20,21). The molecule has 0 bridgehead atoms. The van der Waals surface area contributed by atoms with Crippen molar-refractivity contribution in [3.05, 3.63) is 62.0 Å². The molecule has 0 atom stereocenters. The number of aromatic carboxylic acids is 1. The number of carbonyl (C=O) groups excluding carboxylic acids is 1. The number of anilines is 1. The number of nitrogens with one attached hydrogen (secondary N) is 1. The van der Waals surface area contributed by atoms with Crippen LogP contribution >= 0.6 is 39.1 Å². The molecule has 4 nitrogen and oxygen atoms in total. The molecule has 0 radical (unpaired) electrons. The van der Waals surface area contributed by atoms with Crippen molar-refractivity contribution in [2.45, 2.75) is 0 Å². The summed E-state index contributed by atoms with van der Waals surface area (Å²) in [6, 6.07) is 8.87. The van der Waals surface area contributed by atoms with Gasteiger partial charge < -0.3 is 10.4 Å². The van der Waals surface area contributed by atoms with E-state index in [1.165, 1.54) is 18.2 Å². The Morgan fingerprint density at radius 1 is 1.05 bits per heavy atom. The van der Waals surface area contributed by atoms with Crippen LogP contribution in [0.15, 0.2) is 40.9 Å². The Bertz CT molecular complexity index is 734. The highest BCUT2D eigenvalue weighted by Gasteiger charge is 2.14. The molecule has 0 aliphatic rings. The van der Waals surface area contributed by atoms with Gasteiger partial charge in [-0.05, 0) is 36.4 Å². The Morgan fingerprint density at radius 2 is 1.76 bits per heavy atom. The summed E-state index contributed by atoms with van der Waals surface area (Å²) in [5, 5.41) is 12.0. The van der Waals surface area contributed by atoms with Crippen LogP contribution in [-0.4, -0.2) is 17.0 Å². The molecule has 0 heterocycles. The lowest BCUT2D eigenvalue weighted by Gasteiger charge is -2.09. The number of hydrogen-bond donors (Lipinski definition) is 2. The molecule has 2 rings (SSSR count). The lowest BCUT2D eigenvalue weighted by atomic mass is 10.1. The highest BCUT2D eigenvalue weighted by Crippen LogP contribution is 2.26. The molecular weight excluding hydrogens is 381 g/mol. The molecule has 21 heavy (non-hydrogen) atoms. The van der Waals surface area contributed by atoms with Gasteiger partial charge in [-0.15, -0.1) is 0 Å². The van der Waals surface area contributed by atoms with E-state index < -0.39 is 11.9 Å². The number of carboxylic acid groups (broad SMARTS) is 1. The topological polar surface area (TPSA) is 66.4 Å². The summed E-state index contributed by atoms with van der Waals surface area (Å²) in [6.07, 6.45) is 0. The SMILES string of the molecule is O=C(O)c1ccc(Cl)c(NC(=O)c2ccc(Br)cc2Cl)c1. The normalized spacial score (nSPS) is 10.2. The predicted molar refractivity (Wildman–Crippen MR) is 85.5 cm³/mol. The summed E-state index contributed by atoms with van der Waals surface area (Å²) in [5.74, 6) is -1.58. The zero-order valence-corrected chi connectivity index (χ0v) is 13.5. The summed E-state index contributed by atoms with van der Waals surface area (Å²) < 4.78 is 0.745. The molecule has 0 saturated carbocycles. The summed E-state index contributed by atoms with van der Waals surface area (Å²) in [6.45, 7) is 0. The molecule has 0 fully saturated rings. The van der Waals surface area contributed by atoms with Crippen LogP contribution in [0.2, 0.25) is 10.0 Å². The molecule has 0 aliphatic heterocycles. The molecule has 0 aliphatic carbocycles. The van der Waals surface area contributed by atoms with E-state index in [9.17, 15) is 9.59 Å². The smallest absolute Gasteiger partial charge is 0.335 e. The highest BCUT2D eigenvalue weighted by atomic mass is 79.9. The number of hydrogen-bond acceptors (Lipinski definition) is 2. The van der Waals surface area contributed by atoms with E-state index in [4.69, 9.17) is 28.3 Å².